The molecular weight excluding hydrogens is 272 g/mol. The average Bonchev–Trinajstić information content (AvgIpc) is 2.45. The molecule has 0 saturated carbocycles. The molecule has 0 fully saturated rings. The second kappa shape index (κ2) is 5.10. The number of hydrogen-bond acceptors (Lipinski definition) is 3. The average molecular weight is 285 g/mol. The van der Waals surface area contributed by atoms with Crippen LogP contribution in [0.15, 0.2) is 42.5 Å². The molecule has 0 unspecified atom stereocenters. The van der Waals surface area contributed by atoms with Gasteiger partial charge in [0, 0.05) is 5.69 Å². The summed E-state index contributed by atoms with van der Waals surface area (Å²) < 4.78 is 5.46. The number of benzene rings is 2. The van der Waals surface area contributed by atoms with Gasteiger partial charge >= 0.3 is 0 Å². The van der Waals surface area contributed by atoms with Crippen LogP contribution in [0.5, 0.6) is 5.75 Å². The Morgan fingerprint density at radius 2 is 1.85 bits per heavy atom. The molecule has 0 atom stereocenters. The largest absolute Gasteiger partial charge is 0.496 e. The molecule has 1 aromatic heterocycles. The zero-order valence-corrected chi connectivity index (χ0v) is 12.0. The standard InChI is InChI=1S/C16H13ClN2O/c1-10-9-14(17)19-16(18-10)15-12-6-4-3-5-11(12)7-8-13(15)20-2/h3-9H,1-2H3. The number of ether oxygens (including phenoxy) is 1. The van der Waals surface area contributed by atoms with Crippen LogP contribution in [-0.4, -0.2) is 17.1 Å². The Morgan fingerprint density at radius 1 is 1.05 bits per heavy atom. The van der Waals surface area contributed by atoms with Crippen molar-refractivity contribution in [2.24, 2.45) is 0 Å². The van der Waals surface area contributed by atoms with Gasteiger partial charge < -0.3 is 4.74 Å². The first-order chi connectivity index (χ1) is 9.69. The zero-order valence-electron chi connectivity index (χ0n) is 11.2. The maximum Gasteiger partial charge on any atom is 0.165 e. The van der Waals surface area contributed by atoms with Gasteiger partial charge in [0.25, 0.3) is 0 Å². The van der Waals surface area contributed by atoms with E-state index in [0.29, 0.717) is 11.0 Å². The van der Waals surface area contributed by atoms with Crippen molar-refractivity contribution in [1.29, 1.82) is 0 Å². The molecule has 2 aromatic carbocycles. The molecule has 0 spiro atoms. The summed E-state index contributed by atoms with van der Waals surface area (Å²) in [6.07, 6.45) is 0. The number of aryl methyl sites for hydroxylation is 1. The van der Waals surface area contributed by atoms with E-state index in [4.69, 9.17) is 16.3 Å². The second-order valence-electron chi connectivity index (χ2n) is 4.52. The van der Waals surface area contributed by atoms with Gasteiger partial charge in [0.2, 0.25) is 0 Å². The van der Waals surface area contributed by atoms with Crippen LogP contribution in [0.4, 0.5) is 0 Å². The van der Waals surface area contributed by atoms with Crippen molar-refractivity contribution in [3.63, 3.8) is 0 Å². The molecule has 0 radical (unpaired) electrons. The molecular formula is C16H13ClN2O. The maximum absolute atomic E-state index is 6.05. The molecule has 3 rings (SSSR count). The summed E-state index contributed by atoms with van der Waals surface area (Å²) in [6.45, 7) is 1.90. The lowest BCUT2D eigenvalue weighted by Crippen LogP contribution is -1.96. The van der Waals surface area contributed by atoms with Gasteiger partial charge in [-0.15, -0.1) is 0 Å². The highest BCUT2D eigenvalue weighted by molar-refractivity contribution is 6.29. The van der Waals surface area contributed by atoms with Crippen molar-refractivity contribution in [1.82, 2.24) is 9.97 Å². The van der Waals surface area contributed by atoms with Crippen molar-refractivity contribution >= 4 is 22.4 Å². The molecule has 3 nitrogen and oxygen atoms in total. The first-order valence-corrected chi connectivity index (χ1v) is 6.64. The summed E-state index contributed by atoms with van der Waals surface area (Å²) in [5.41, 5.74) is 1.70. The van der Waals surface area contributed by atoms with Crippen LogP contribution in [-0.2, 0) is 0 Å². The van der Waals surface area contributed by atoms with Crippen molar-refractivity contribution in [3.05, 3.63) is 53.3 Å². The third-order valence-electron chi connectivity index (χ3n) is 3.16. The second-order valence-corrected chi connectivity index (χ2v) is 4.91. The molecule has 0 saturated heterocycles. The molecule has 100 valence electrons. The third-order valence-corrected chi connectivity index (χ3v) is 3.35. The van der Waals surface area contributed by atoms with Crippen LogP contribution in [0.2, 0.25) is 5.15 Å². The molecule has 0 amide bonds. The highest BCUT2D eigenvalue weighted by Gasteiger charge is 2.14. The fourth-order valence-electron chi connectivity index (χ4n) is 2.29. The van der Waals surface area contributed by atoms with Crippen molar-refractivity contribution in [2.45, 2.75) is 6.92 Å². The molecule has 3 aromatic rings. The van der Waals surface area contributed by atoms with Crippen LogP contribution < -0.4 is 4.74 Å². The van der Waals surface area contributed by atoms with Gasteiger partial charge in [0.1, 0.15) is 10.9 Å². The van der Waals surface area contributed by atoms with E-state index in [1.165, 1.54) is 0 Å². The lowest BCUT2D eigenvalue weighted by atomic mass is 10.0. The molecule has 0 N–H and O–H groups in total. The number of hydrogen-bond donors (Lipinski definition) is 0. The summed E-state index contributed by atoms with van der Waals surface area (Å²) in [5.74, 6) is 1.33. The number of fused-ring (bicyclic) bond motifs is 1. The van der Waals surface area contributed by atoms with E-state index in [1.807, 2.05) is 37.3 Å². The van der Waals surface area contributed by atoms with Gasteiger partial charge in [-0.1, -0.05) is 41.9 Å². The topological polar surface area (TPSA) is 35.0 Å². The minimum atomic E-state index is 0.433. The summed E-state index contributed by atoms with van der Waals surface area (Å²) in [6, 6.07) is 13.8. The van der Waals surface area contributed by atoms with E-state index >= 15 is 0 Å². The van der Waals surface area contributed by atoms with Crippen LogP contribution in [0, 0.1) is 6.92 Å². The van der Waals surface area contributed by atoms with Gasteiger partial charge in [-0.3, -0.25) is 0 Å². The molecule has 0 aliphatic heterocycles. The van der Waals surface area contributed by atoms with Crippen LogP contribution in [0.1, 0.15) is 5.69 Å². The van der Waals surface area contributed by atoms with Gasteiger partial charge in [-0.25, -0.2) is 9.97 Å². The third kappa shape index (κ3) is 2.21. The predicted molar refractivity (Wildman–Crippen MR) is 81.3 cm³/mol. The Hall–Kier alpha value is -2.13. The van der Waals surface area contributed by atoms with Crippen LogP contribution >= 0.6 is 11.6 Å². The first kappa shape index (κ1) is 12.9. The van der Waals surface area contributed by atoms with E-state index in [1.54, 1.807) is 13.2 Å². The fraction of sp³-hybridized carbons (Fsp3) is 0.125. The molecule has 0 bridgehead atoms. The maximum atomic E-state index is 6.05. The minimum Gasteiger partial charge on any atom is -0.496 e. The van der Waals surface area contributed by atoms with Gasteiger partial charge in [0.05, 0.1) is 12.7 Å². The van der Waals surface area contributed by atoms with Gasteiger partial charge in [-0.2, -0.15) is 0 Å². The van der Waals surface area contributed by atoms with Gasteiger partial charge in [-0.05, 0) is 29.8 Å². The number of nitrogens with zero attached hydrogens (tertiary/aromatic N) is 2. The Kier molecular flexibility index (Phi) is 3.28. The Balaban J connectivity index is 2.38. The summed E-state index contributed by atoms with van der Waals surface area (Å²) in [5, 5.41) is 2.60. The van der Waals surface area contributed by atoms with E-state index in [2.05, 4.69) is 16.0 Å². The first-order valence-electron chi connectivity index (χ1n) is 6.26. The minimum absolute atomic E-state index is 0.433. The molecule has 0 aliphatic rings. The number of rotatable bonds is 2. The Bertz CT molecular complexity index is 766. The molecule has 4 heteroatoms. The smallest absolute Gasteiger partial charge is 0.165 e. The Morgan fingerprint density at radius 3 is 2.60 bits per heavy atom. The SMILES string of the molecule is COc1ccc2ccccc2c1-c1nc(C)cc(Cl)n1. The lowest BCUT2D eigenvalue weighted by molar-refractivity contribution is 0.416. The summed E-state index contributed by atoms with van der Waals surface area (Å²) in [4.78, 5) is 8.82. The number of aromatic nitrogens is 2. The van der Waals surface area contributed by atoms with E-state index in [0.717, 1.165) is 27.8 Å². The van der Waals surface area contributed by atoms with E-state index in [-0.39, 0.29) is 0 Å². The summed E-state index contributed by atoms with van der Waals surface area (Å²) in [7, 11) is 1.64. The Labute approximate surface area is 122 Å². The number of methoxy groups -OCH3 is 1. The van der Waals surface area contributed by atoms with Crippen LogP contribution in [0.25, 0.3) is 22.2 Å². The van der Waals surface area contributed by atoms with Crippen molar-refractivity contribution < 1.29 is 4.74 Å². The monoisotopic (exact) mass is 284 g/mol. The quantitative estimate of drug-likeness (QED) is 0.659. The van der Waals surface area contributed by atoms with Crippen molar-refractivity contribution in [2.75, 3.05) is 7.11 Å². The molecule has 20 heavy (non-hydrogen) atoms. The highest BCUT2D eigenvalue weighted by atomic mass is 35.5. The van der Waals surface area contributed by atoms with Crippen LogP contribution in [0.3, 0.4) is 0 Å². The zero-order chi connectivity index (χ0) is 14.1. The molecule has 0 aliphatic carbocycles. The number of halogens is 1. The van der Waals surface area contributed by atoms with E-state index < -0.39 is 0 Å². The van der Waals surface area contributed by atoms with Gasteiger partial charge in [0.15, 0.2) is 5.82 Å². The van der Waals surface area contributed by atoms with Crippen molar-refractivity contribution in [3.8, 4) is 17.1 Å². The lowest BCUT2D eigenvalue weighted by Gasteiger charge is -2.11. The summed E-state index contributed by atoms with van der Waals surface area (Å²) >= 11 is 6.05. The normalized spacial score (nSPS) is 10.8. The molecule has 1 heterocycles. The predicted octanol–water partition coefficient (Wildman–Crippen LogP) is 4.27. The van der Waals surface area contributed by atoms with E-state index in [9.17, 15) is 0 Å². The highest BCUT2D eigenvalue weighted by Crippen LogP contribution is 2.35. The fourth-order valence-corrected chi connectivity index (χ4v) is 2.53.